The molecular formula is C26H31N3O4S. The van der Waals surface area contributed by atoms with Crippen molar-refractivity contribution in [1.29, 1.82) is 0 Å². The number of aromatic nitrogens is 1. The second kappa shape index (κ2) is 8.36. The van der Waals surface area contributed by atoms with Gasteiger partial charge < -0.3 is 18.9 Å². The highest BCUT2D eigenvalue weighted by Crippen LogP contribution is 2.48. The van der Waals surface area contributed by atoms with E-state index in [1.165, 1.54) is 36.9 Å². The molecule has 0 bridgehead atoms. The molecule has 0 saturated carbocycles. The first-order chi connectivity index (χ1) is 16.4. The Morgan fingerprint density at radius 1 is 0.941 bits per heavy atom. The molecule has 3 heterocycles. The number of benzene rings is 2. The molecule has 3 aromatic rings. The first-order valence-corrected chi connectivity index (χ1v) is 13.1. The van der Waals surface area contributed by atoms with E-state index in [0.717, 1.165) is 6.54 Å². The van der Waals surface area contributed by atoms with E-state index in [1.54, 1.807) is 22.5 Å². The molecule has 34 heavy (non-hydrogen) atoms. The van der Waals surface area contributed by atoms with Gasteiger partial charge in [0.2, 0.25) is 10.0 Å². The molecule has 0 unspecified atom stereocenters. The van der Waals surface area contributed by atoms with Gasteiger partial charge in [0.1, 0.15) is 0 Å². The summed E-state index contributed by atoms with van der Waals surface area (Å²) in [5, 5.41) is 0. The zero-order valence-electron chi connectivity index (χ0n) is 20.1. The molecule has 0 N–H and O–H groups in total. The van der Waals surface area contributed by atoms with Crippen LogP contribution in [-0.4, -0.2) is 51.1 Å². The third-order valence-electron chi connectivity index (χ3n) is 7.28. The molecule has 1 saturated heterocycles. The van der Waals surface area contributed by atoms with Gasteiger partial charge in [-0.2, -0.15) is 4.31 Å². The Bertz CT molecular complexity index is 1320. The van der Waals surface area contributed by atoms with Crippen molar-refractivity contribution in [2.45, 2.75) is 37.1 Å². The van der Waals surface area contributed by atoms with E-state index in [4.69, 9.17) is 9.47 Å². The Morgan fingerprint density at radius 2 is 1.68 bits per heavy atom. The molecule has 180 valence electrons. The van der Waals surface area contributed by atoms with E-state index in [2.05, 4.69) is 59.8 Å². The minimum atomic E-state index is -3.66. The number of fused-ring (bicyclic) bond motifs is 4. The lowest BCUT2D eigenvalue weighted by molar-refractivity contribution is 0.214. The smallest absolute Gasteiger partial charge is 0.243 e. The zero-order valence-corrected chi connectivity index (χ0v) is 20.9. The molecule has 0 atom stereocenters. The number of sulfonamides is 1. The Labute approximate surface area is 201 Å². The molecule has 0 amide bonds. The van der Waals surface area contributed by atoms with Gasteiger partial charge in [-0.25, -0.2) is 8.42 Å². The van der Waals surface area contributed by atoms with Crippen molar-refractivity contribution in [2.24, 2.45) is 0 Å². The number of ether oxygens (including phenoxy) is 2. The number of nitrogens with zero attached hydrogens (tertiary/aromatic N) is 3. The van der Waals surface area contributed by atoms with Gasteiger partial charge in [0.15, 0.2) is 11.5 Å². The summed E-state index contributed by atoms with van der Waals surface area (Å²) in [7, 11) is -0.611. The molecule has 7 nitrogen and oxygen atoms in total. The third-order valence-corrected chi connectivity index (χ3v) is 9.18. The molecule has 8 heteroatoms. The molecule has 2 aliphatic heterocycles. The number of hydrogen-bond acceptors (Lipinski definition) is 5. The molecular weight excluding hydrogens is 450 g/mol. The van der Waals surface area contributed by atoms with Crippen LogP contribution in [0.4, 0.5) is 5.69 Å². The molecule has 0 radical (unpaired) electrons. The molecule has 5 rings (SSSR count). The molecule has 1 fully saturated rings. The molecule has 1 aromatic heterocycles. The van der Waals surface area contributed by atoms with Crippen LogP contribution >= 0.6 is 0 Å². The van der Waals surface area contributed by atoms with Crippen molar-refractivity contribution in [2.75, 3.05) is 38.8 Å². The Hall–Kier alpha value is -2.97. The maximum atomic E-state index is 13.5. The topological polar surface area (TPSA) is 64.0 Å². The average Bonchev–Trinajstić information content (AvgIpc) is 3.35. The van der Waals surface area contributed by atoms with Crippen LogP contribution in [-0.2, 0) is 15.6 Å². The molecule has 0 aliphatic carbocycles. The standard InChI is InChI=1S/C26H31N3O4S/c1-5-29-22-17-19(2)8-10-21(22)28-14-6-7-25(28)26(29)12-15-27(16-13-26)34(30,31)20-9-11-23(32-3)24(18-20)33-4/h6-11,14,17-18H,5,12-13,15-16H2,1-4H3. The summed E-state index contributed by atoms with van der Waals surface area (Å²) >= 11 is 0. The second-order valence-electron chi connectivity index (χ2n) is 8.95. The first kappa shape index (κ1) is 22.8. The SMILES string of the molecule is CCN1c2cc(C)ccc2-n2cccc2C12CCN(S(=O)(=O)c1ccc(OC)c(OC)c1)CC2. The Balaban J connectivity index is 1.49. The van der Waals surface area contributed by atoms with Crippen molar-refractivity contribution in [3.63, 3.8) is 0 Å². The van der Waals surface area contributed by atoms with Gasteiger partial charge in [-0.15, -0.1) is 0 Å². The maximum Gasteiger partial charge on any atom is 0.243 e. The molecule has 2 aromatic carbocycles. The summed E-state index contributed by atoms with van der Waals surface area (Å²) in [6, 6.07) is 15.6. The van der Waals surface area contributed by atoms with Crippen LogP contribution in [0.1, 0.15) is 31.0 Å². The number of methoxy groups -OCH3 is 2. The van der Waals surface area contributed by atoms with Gasteiger partial charge in [0, 0.05) is 37.6 Å². The van der Waals surface area contributed by atoms with Gasteiger partial charge in [-0.1, -0.05) is 6.07 Å². The van der Waals surface area contributed by atoms with Crippen molar-refractivity contribution in [3.8, 4) is 17.2 Å². The van der Waals surface area contributed by atoms with Crippen molar-refractivity contribution in [3.05, 3.63) is 66.0 Å². The predicted molar refractivity (Wildman–Crippen MR) is 133 cm³/mol. The summed E-state index contributed by atoms with van der Waals surface area (Å²) in [6.07, 6.45) is 3.54. The highest BCUT2D eigenvalue weighted by molar-refractivity contribution is 7.89. The minimum Gasteiger partial charge on any atom is -0.493 e. The quantitative estimate of drug-likeness (QED) is 0.543. The van der Waals surface area contributed by atoms with Crippen LogP contribution in [0.15, 0.2) is 59.6 Å². The molecule has 2 aliphatic rings. The van der Waals surface area contributed by atoms with Gasteiger partial charge in [-0.05, 0) is 68.7 Å². The van der Waals surface area contributed by atoms with Crippen molar-refractivity contribution in [1.82, 2.24) is 8.87 Å². The normalized spacial score (nSPS) is 17.4. The molecule has 1 spiro atoms. The highest BCUT2D eigenvalue weighted by Gasteiger charge is 2.48. The number of hydrogen-bond donors (Lipinski definition) is 0. The summed E-state index contributed by atoms with van der Waals surface area (Å²) in [6.45, 7) is 6.03. The summed E-state index contributed by atoms with van der Waals surface area (Å²) in [4.78, 5) is 2.70. The fraction of sp³-hybridized carbons (Fsp3) is 0.385. The van der Waals surface area contributed by atoms with Crippen LogP contribution in [0.5, 0.6) is 11.5 Å². The summed E-state index contributed by atoms with van der Waals surface area (Å²) in [5.41, 5.74) is 4.59. The largest absolute Gasteiger partial charge is 0.493 e. The fourth-order valence-corrected chi connectivity index (χ4v) is 7.07. The Morgan fingerprint density at radius 3 is 2.35 bits per heavy atom. The first-order valence-electron chi connectivity index (χ1n) is 11.6. The maximum absolute atomic E-state index is 13.5. The van der Waals surface area contributed by atoms with E-state index >= 15 is 0 Å². The number of piperidine rings is 1. The van der Waals surface area contributed by atoms with Crippen LogP contribution < -0.4 is 14.4 Å². The van der Waals surface area contributed by atoms with E-state index in [0.29, 0.717) is 37.4 Å². The van der Waals surface area contributed by atoms with Gasteiger partial charge >= 0.3 is 0 Å². The van der Waals surface area contributed by atoms with Crippen LogP contribution in [0.25, 0.3) is 5.69 Å². The summed E-state index contributed by atoms with van der Waals surface area (Å²) in [5.74, 6) is 0.917. The predicted octanol–water partition coefficient (Wildman–Crippen LogP) is 4.32. The number of rotatable bonds is 5. The monoisotopic (exact) mass is 481 g/mol. The van der Waals surface area contributed by atoms with Gasteiger partial charge in [-0.3, -0.25) is 0 Å². The second-order valence-corrected chi connectivity index (χ2v) is 10.9. The lowest BCUT2D eigenvalue weighted by Crippen LogP contribution is -2.56. The zero-order chi connectivity index (χ0) is 24.1. The van der Waals surface area contributed by atoms with Crippen LogP contribution in [0.3, 0.4) is 0 Å². The van der Waals surface area contributed by atoms with Crippen LogP contribution in [0, 0.1) is 6.92 Å². The third kappa shape index (κ3) is 3.31. The van der Waals surface area contributed by atoms with Crippen LogP contribution in [0.2, 0.25) is 0 Å². The average molecular weight is 482 g/mol. The van der Waals surface area contributed by atoms with E-state index in [9.17, 15) is 8.42 Å². The lowest BCUT2D eigenvalue weighted by atomic mass is 9.81. The van der Waals surface area contributed by atoms with Crippen molar-refractivity contribution >= 4 is 15.7 Å². The Kier molecular flexibility index (Phi) is 5.61. The fourth-order valence-electron chi connectivity index (χ4n) is 5.61. The highest BCUT2D eigenvalue weighted by atomic mass is 32.2. The number of aryl methyl sites for hydroxylation is 1. The van der Waals surface area contributed by atoms with Gasteiger partial charge in [0.05, 0.1) is 36.0 Å². The lowest BCUT2D eigenvalue weighted by Gasteiger charge is -2.52. The van der Waals surface area contributed by atoms with E-state index in [1.807, 2.05) is 0 Å². The van der Waals surface area contributed by atoms with E-state index in [-0.39, 0.29) is 10.4 Å². The van der Waals surface area contributed by atoms with Gasteiger partial charge in [0.25, 0.3) is 0 Å². The summed E-state index contributed by atoms with van der Waals surface area (Å²) < 4.78 is 41.5. The minimum absolute atomic E-state index is 0.224. The number of anilines is 1. The van der Waals surface area contributed by atoms with E-state index < -0.39 is 10.0 Å². The van der Waals surface area contributed by atoms with Crippen molar-refractivity contribution < 1.29 is 17.9 Å².